The van der Waals surface area contributed by atoms with Gasteiger partial charge in [-0.3, -0.25) is 13.8 Å². The Hall–Kier alpha value is -3.57. The fourth-order valence-electron chi connectivity index (χ4n) is 3.97. The van der Waals surface area contributed by atoms with E-state index in [-0.39, 0.29) is 36.8 Å². The van der Waals surface area contributed by atoms with E-state index in [2.05, 4.69) is 10.1 Å². The number of halogens is 1. The second-order valence-corrected chi connectivity index (χ2v) is 10.6. The molecule has 38 heavy (non-hydrogen) atoms. The Morgan fingerprint density at radius 3 is 2.76 bits per heavy atom. The maximum atomic E-state index is 14.0. The second kappa shape index (κ2) is 11.9. The molecule has 1 aromatic carbocycles. The SMILES string of the molecule is CCOc1nn(CC)cc1S(=O)(=O)N1C[C@H](CCC(=O)OC)Oc2ccc(/C=C/c3cccc(Cl)n3)cc21. The number of nitrogens with zero attached hydrogens (tertiary/aromatic N) is 4. The van der Waals surface area contributed by atoms with Gasteiger partial charge in [0.2, 0.25) is 0 Å². The number of rotatable bonds is 10. The minimum absolute atomic E-state index is 0.00177. The number of benzene rings is 1. The number of sulfonamides is 1. The highest BCUT2D eigenvalue weighted by molar-refractivity contribution is 7.93. The van der Waals surface area contributed by atoms with Gasteiger partial charge in [-0.05, 0) is 56.2 Å². The molecule has 0 spiro atoms. The van der Waals surface area contributed by atoms with E-state index in [9.17, 15) is 13.2 Å². The van der Waals surface area contributed by atoms with Crippen molar-refractivity contribution in [2.75, 3.05) is 24.6 Å². The van der Waals surface area contributed by atoms with E-state index in [1.54, 1.807) is 37.3 Å². The van der Waals surface area contributed by atoms with Crippen molar-refractivity contribution < 1.29 is 27.4 Å². The third-order valence-corrected chi connectivity index (χ3v) is 7.84. The summed E-state index contributed by atoms with van der Waals surface area (Å²) in [6.45, 7) is 4.36. The largest absolute Gasteiger partial charge is 0.486 e. The Morgan fingerprint density at radius 2 is 2.05 bits per heavy atom. The van der Waals surface area contributed by atoms with Gasteiger partial charge in [0, 0.05) is 19.2 Å². The molecule has 1 aliphatic rings. The normalized spacial score (nSPS) is 15.3. The van der Waals surface area contributed by atoms with E-state index in [4.69, 9.17) is 25.8 Å². The average Bonchev–Trinajstić information content (AvgIpc) is 3.34. The van der Waals surface area contributed by atoms with Crippen LogP contribution in [0.5, 0.6) is 11.6 Å². The minimum Gasteiger partial charge on any atom is -0.486 e. The van der Waals surface area contributed by atoms with Crippen LogP contribution < -0.4 is 13.8 Å². The number of fused-ring (bicyclic) bond motifs is 1. The second-order valence-electron chi connectivity index (χ2n) is 8.42. The lowest BCUT2D eigenvalue weighted by molar-refractivity contribution is -0.141. The lowest BCUT2D eigenvalue weighted by Crippen LogP contribution is -2.43. The summed E-state index contributed by atoms with van der Waals surface area (Å²) in [5.74, 6) is 0.0249. The van der Waals surface area contributed by atoms with Gasteiger partial charge in [0.25, 0.3) is 15.9 Å². The number of hydrogen-bond acceptors (Lipinski definition) is 8. The van der Waals surface area contributed by atoms with Crippen LogP contribution in [0.4, 0.5) is 5.69 Å². The van der Waals surface area contributed by atoms with E-state index in [0.29, 0.717) is 28.8 Å². The maximum absolute atomic E-state index is 14.0. The molecule has 0 N–H and O–H groups in total. The van der Waals surface area contributed by atoms with Gasteiger partial charge in [0.05, 0.1) is 31.6 Å². The third kappa shape index (κ3) is 6.11. The molecule has 1 atom stereocenters. The first-order valence-electron chi connectivity index (χ1n) is 12.2. The summed E-state index contributed by atoms with van der Waals surface area (Å²) in [7, 11) is -2.80. The number of carbonyl (C=O) groups excluding carboxylic acids is 1. The van der Waals surface area contributed by atoms with Gasteiger partial charge < -0.3 is 14.2 Å². The molecule has 2 aromatic heterocycles. The molecule has 0 saturated heterocycles. The van der Waals surface area contributed by atoms with E-state index in [0.717, 1.165) is 5.56 Å². The van der Waals surface area contributed by atoms with Crippen LogP contribution in [-0.4, -0.2) is 55.5 Å². The van der Waals surface area contributed by atoms with Crippen molar-refractivity contribution in [3.05, 3.63) is 59.0 Å². The van der Waals surface area contributed by atoms with Crippen LogP contribution in [0.15, 0.2) is 47.5 Å². The zero-order valence-corrected chi connectivity index (χ0v) is 22.9. The Labute approximate surface area is 226 Å². The number of ether oxygens (including phenoxy) is 3. The maximum Gasteiger partial charge on any atom is 0.305 e. The van der Waals surface area contributed by atoms with Crippen molar-refractivity contribution in [3.8, 4) is 11.6 Å². The molecule has 4 rings (SSSR count). The molecular weight excluding hydrogens is 532 g/mol. The third-order valence-electron chi connectivity index (χ3n) is 5.87. The Kier molecular flexibility index (Phi) is 8.58. The van der Waals surface area contributed by atoms with E-state index < -0.39 is 22.1 Å². The molecule has 1 aliphatic heterocycles. The van der Waals surface area contributed by atoms with Crippen LogP contribution in [0.1, 0.15) is 37.9 Å². The highest BCUT2D eigenvalue weighted by atomic mass is 35.5. The Balaban J connectivity index is 1.74. The summed E-state index contributed by atoms with van der Waals surface area (Å²) in [4.78, 5) is 16.0. The predicted molar refractivity (Wildman–Crippen MR) is 144 cm³/mol. The molecule has 3 aromatic rings. The van der Waals surface area contributed by atoms with Crippen LogP contribution in [0.25, 0.3) is 12.2 Å². The van der Waals surface area contributed by atoms with Crippen LogP contribution in [-0.2, 0) is 26.1 Å². The molecule has 3 heterocycles. The first-order valence-corrected chi connectivity index (χ1v) is 14.0. The van der Waals surface area contributed by atoms with Gasteiger partial charge in [-0.2, -0.15) is 0 Å². The fourth-order valence-corrected chi connectivity index (χ4v) is 5.72. The van der Waals surface area contributed by atoms with Crippen molar-refractivity contribution in [2.45, 2.75) is 44.2 Å². The zero-order chi connectivity index (χ0) is 27.3. The molecule has 10 nitrogen and oxygen atoms in total. The number of pyridine rings is 1. The molecule has 0 aliphatic carbocycles. The number of methoxy groups -OCH3 is 1. The predicted octanol–water partition coefficient (Wildman–Crippen LogP) is 4.43. The summed E-state index contributed by atoms with van der Waals surface area (Å²) in [5, 5.41) is 4.65. The standard InChI is InChI=1S/C26H29ClN4O6S/c1-4-30-17-23(26(29-30)36-5-2)38(33,34)31-16-20(12-14-25(32)35-3)37-22-13-10-18(15-21(22)31)9-11-19-7-6-8-24(27)28-19/h6-11,13,15,17,20H,4-5,12,14,16H2,1-3H3/b11-9+/t20-/m0/s1. The van der Waals surface area contributed by atoms with Gasteiger partial charge in [-0.25, -0.2) is 13.4 Å². The molecule has 0 amide bonds. The minimum atomic E-state index is -4.11. The highest BCUT2D eigenvalue weighted by Crippen LogP contribution is 2.40. The van der Waals surface area contributed by atoms with Gasteiger partial charge >= 0.3 is 5.97 Å². The smallest absolute Gasteiger partial charge is 0.305 e. The number of hydrogen-bond donors (Lipinski definition) is 0. The topological polar surface area (TPSA) is 113 Å². The lowest BCUT2D eigenvalue weighted by Gasteiger charge is -2.35. The first-order chi connectivity index (χ1) is 18.2. The molecule has 0 saturated carbocycles. The van der Waals surface area contributed by atoms with Gasteiger partial charge in [0.1, 0.15) is 17.0 Å². The van der Waals surface area contributed by atoms with Gasteiger partial charge in [-0.15, -0.1) is 5.10 Å². The van der Waals surface area contributed by atoms with Gasteiger partial charge in [0.15, 0.2) is 4.90 Å². The molecule has 0 bridgehead atoms. The van der Waals surface area contributed by atoms with Crippen molar-refractivity contribution in [1.82, 2.24) is 14.8 Å². The highest BCUT2D eigenvalue weighted by Gasteiger charge is 2.37. The van der Waals surface area contributed by atoms with Crippen LogP contribution in [0.2, 0.25) is 5.15 Å². The summed E-state index contributed by atoms with van der Waals surface area (Å²) < 4.78 is 47.3. The van der Waals surface area contributed by atoms with Crippen molar-refractivity contribution in [2.24, 2.45) is 0 Å². The van der Waals surface area contributed by atoms with Crippen LogP contribution in [0, 0.1) is 0 Å². The summed E-state index contributed by atoms with van der Waals surface area (Å²) in [5.41, 5.74) is 1.76. The van der Waals surface area contributed by atoms with Crippen molar-refractivity contribution in [1.29, 1.82) is 0 Å². The van der Waals surface area contributed by atoms with Crippen LogP contribution >= 0.6 is 11.6 Å². The summed E-state index contributed by atoms with van der Waals surface area (Å²) >= 11 is 5.98. The number of aryl methyl sites for hydroxylation is 1. The van der Waals surface area contributed by atoms with Crippen molar-refractivity contribution >= 4 is 45.4 Å². The zero-order valence-electron chi connectivity index (χ0n) is 21.3. The first kappa shape index (κ1) is 27.5. The molecule has 0 unspecified atom stereocenters. The van der Waals surface area contributed by atoms with E-state index in [1.165, 1.54) is 22.3 Å². The monoisotopic (exact) mass is 560 g/mol. The number of aromatic nitrogens is 3. The van der Waals surface area contributed by atoms with Crippen LogP contribution in [0.3, 0.4) is 0 Å². The molecular formula is C26H29ClN4O6S. The number of esters is 1. The molecule has 12 heteroatoms. The summed E-state index contributed by atoms with van der Waals surface area (Å²) in [6.07, 6.45) is 4.88. The molecule has 0 fully saturated rings. The molecule has 0 radical (unpaired) electrons. The fraction of sp³-hybridized carbons (Fsp3) is 0.346. The van der Waals surface area contributed by atoms with E-state index in [1.807, 2.05) is 25.1 Å². The van der Waals surface area contributed by atoms with Crippen molar-refractivity contribution in [3.63, 3.8) is 0 Å². The average molecular weight is 561 g/mol. The number of carbonyl (C=O) groups is 1. The summed E-state index contributed by atoms with van der Waals surface area (Å²) in [6, 6.07) is 10.6. The lowest BCUT2D eigenvalue weighted by atomic mass is 10.1. The Morgan fingerprint density at radius 1 is 1.24 bits per heavy atom. The quantitative estimate of drug-likeness (QED) is 0.264. The van der Waals surface area contributed by atoms with E-state index >= 15 is 0 Å². The number of anilines is 1. The Bertz CT molecular complexity index is 1440. The van der Waals surface area contributed by atoms with Gasteiger partial charge in [-0.1, -0.05) is 29.8 Å². The molecule has 202 valence electrons.